The van der Waals surface area contributed by atoms with Gasteiger partial charge >= 0.3 is 0 Å². The van der Waals surface area contributed by atoms with E-state index in [2.05, 4.69) is 5.32 Å². The Morgan fingerprint density at radius 2 is 2.15 bits per heavy atom. The SMILES string of the molecule is O=C(NCC1CCSCC1)c1ccc([N+](=O)[O-])cc1Cl. The third-order valence-electron chi connectivity index (χ3n) is 3.30. The minimum atomic E-state index is -0.534. The molecule has 1 aliphatic heterocycles. The van der Waals surface area contributed by atoms with Crippen molar-refractivity contribution in [1.82, 2.24) is 5.32 Å². The second-order valence-corrected chi connectivity index (χ2v) is 6.32. The molecule has 0 bridgehead atoms. The van der Waals surface area contributed by atoms with E-state index in [1.54, 1.807) is 0 Å². The molecule has 1 aromatic rings. The van der Waals surface area contributed by atoms with Crippen LogP contribution in [-0.2, 0) is 0 Å². The first-order valence-corrected chi connectivity index (χ1v) is 7.91. The summed E-state index contributed by atoms with van der Waals surface area (Å²) in [6.45, 7) is 0.632. The molecule has 1 saturated heterocycles. The van der Waals surface area contributed by atoms with Crippen LogP contribution >= 0.6 is 23.4 Å². The lowest BCUT2D eigenvalue weighted by Crippen LogP contribution is -2.31. The molecular weight excluding hydrogens is 300 g/mol. The highest BCUT2D eigenvalue weighted by molar-refractivity contribution is 7.99. The highest BCUT2D eigenvalue weighted by Gasteiger charge is 2.18. The van der Waals surface area contributed by atoms with Crippen molar-refractivity contribution in [3.8, 4) is 0 Å². The molecule has 108 valence electrons. The Hall–Kier alpha value is -1.27. The highest BCUT2D eigenvalue weighted by atomic mass is 35.5. The van der Waals surface area contributed by atoms with Gasteiger partial charge in [-0.25, -0.2) is 0 Å². The fraction of sp³-hybridized carbons (Fsp3) is 0.462. The summed E-state index contributed by atoms with van der Waals surface area (Å²) in [5.41, 5.74) is 0.165. The van der Waals surface area contributed by atoms with Crippen LogP contribution in [0.1, 0.15) is 23.2 Å². The molecule has 1 N–H and O–H groups in total. The number of carbonyl (C=O) groups excluding carboxylic acids is 1. The summed E-state index contributed by atoms with van der Waals surface area (Å²) in [6, 6.07) is 3.89. The van der Waals surface area contributed by atoms with Gasteiger partial charge < -0.3 is 5.32 Å². The number of nitro groups is 1. The molecule has 0 saturated carbocycles. The van der Waals surface area contributed by atoms with Crippen molar-refractivity contribution >= 4 is 35.0 Å². The van der Waals surface area contributed by atoms with E-state index in [0.717, 1.165) is 24.3 Å². The van der Waals surface area contributed by atoms with E-state index in [9.17, 15) is 14.9 Å². The topological polar surface area (TPSA) is 72.2 Å². The monoisotopic (exact) mass is 314 g/mol. The van der Waals surface area contributed by atoms with E-state index in [1.165, 1.54) is 18.2 Å². The second kappa shape index (κ2) is 6.95. The minimum Gasteiger partial charge on any atom is -0.352 e. The van der Waals surface area contributed by atoms with Crippen molar-refractivity contribution in [2.75, 3.05) is 18.1 Å². The molecule has 0 spiro atoms. The van der Waals surface area contributed by atoms with E-state index in [1.807, 2.05) is 11.8 Å². The Labute approximate surface area is 126 Å². The van der Waals surface area contributed by atoms with Crippen LogP contribution in [0.5, 0.6) is 0 Å². The number of halogens is 1. The zero-order chi connectivity index (χ0) is 14.5. The van der Waals surface area contributed by atoms with Gasteiger partial charge in [-0.2, -0.15) is 11.8 Å². The zero-order valence-corrected chi connectivity index (χ0v) is 12.4. The number of hydrogen-bond acceptors (Lipinski definition) is 4. The number of non-ortho nitro benzene ring substituents is 1. The summed E-state index contributed by atoms with van der Waals surface area (Å²) in [7, 11) is 0. The summed E-state index contributed by atoms with van der Waals surface area (Å²) in [5.74, 6) is 2.51. The van der Waals surface area contributed by atoms with Crippen molar-refractivity contribution in [2.24, 2.45) is 5.92 Å². The van der Waals surface area contributed by atoms with Crippen LogP contribution in [0.2, 0.25) is 5.02 Å². The van der Waals surface area contributed by atoms with Gasteiger partial charge in [0.1, 0.15) is 0 Å². The van der Waals surface area contributed by atoms with Crippen LogP contribution in [0, 0.1) is 16.0 Å². The van der Waals surface area contributed by atoms with Gasteiger partial charge in [0.25, 0.3) is 11.6 Å². The molecule has 0 aromatic heterocycles. The van der Waals surface area contributed by atoms with Gasteiger partial charge in [0, 0.05) is 18.7 Å². The summed E-state index contributed by atoms with van der Waals surface area (Å²) >= 11 is 7.86. The Balaban J connectivity index is 1.96. The molecule has 20 heavy (non-hydrogen) atoms. The molecule has 2 rings (SSSR count). The number of hydrogen-bond donors (Lipinski definition) is 1. The lowest BCUT2D eigenvalue weighted by Gasteiger charge is -2.21. The normalized spacial score (nSPS) is 15.8. The van der Waals surface area contributed by atoms with E-state index < -0.39 is 4.92 Å². The van der Waals surface area contributed by atoms with Crippen molar-refractivity contribution in [2.45, 2.75) is 12.8 Å². The predicted molar refractivity (Wildman–Crippen MR) is 80.5 cm³/mol. The lowest BCUT2D eigenvalue weighted by atomic mass is 10.0. The molecule has 5 nitrogen and oxygen atoms in total. The Kier molecular flexibility index (Phi) is 5.25. The minimum absolute atomic E-state index is 0.107. The maximum absolute atomic E-state index is 12.0. The largest absolute Gasteiger partial charge is 0.352 e. The van der Waals surface area contributed by atoms with Crippen molar-refractivity contribution in [3.63, 3.8) is 0 Å². The number of benzene rings is 1. The lowest BCUT2D eigenvalue weighted by molar-refractivity contribution is -0.384. The van der Waals surface area contributed by atoms with Crippen LogP contribution < -0.4 is 5.32 Å². The van der Waals surface area contributed by atoms with E-state index in [0.29, 0.717) is 12.5 Å². The summed E-state index contributed by atoms with van der Waals surface area (Å²) in [5, 5.41) is 13.6. The fourth-order valence-electron chi connectivity index (χ4n) is 2.08. The molecular formula is C13H15ClN2O3S. The Bertz CT molecular complexity index is 518. The highest BCUT2D eigenvalue weighted by Crippen LogP contribution is 2.24. The van der Waals surface area contributed by atoms with E-state index in [4.69, 9.17) is 11.6 Å². The number of carbonyl (C=O) groups is 1. The number of amides is 1. The average molecular weight is 315 g/mol. The molecule has 1 amide bonds. The number of rotatable bonds is 4. The third-order valence-corrected chi connectivity index (χ3v) is 4.66. The third kappa shape index (κ3) is 3.86. The molecule has 7 heteroatoms. The van der Waals surface area contributed by atoms with Gasteiger partial charge in [-0.15, -0.1) is 0 Å². The van der Waals surface area contributed by atoms with Crippen LogP contribution in [-0.4, -0.2) is 28.9 Å². The van der Waals surface area contributed by atoms with Gasteiger partial charge in [-0.1, -0.05) is 11.6 Å². The quantitative estimate of drug-likeness (QED) is 0.684. The molecule has 1 aromatic carbocycles. The van der Waals surface area contributed by atoms with Gasteiger partial charge in [-0.3, -0.25) is 14.9 Å². The van der Waals surface area contributed by atoms with Crippen LogP contribution in [0.3, 0.4) is 0 Å². The molecule has 0 radical (unpaired) electrons. The molecule has 0 atom stereocenters. The molecule has 1 fully saturated rings. The first-order valence-electron chi connectivity index (χ1n) is 6.38. The average Bonchev–Trinajstić information content (AvgIpc) is 2.45. The molecule has 1 heterocycles. The molecule has 0 unspecified atom stereocenters. The predicted octanol–water partition coefficient (Wildman–Crippen LogP) is 3.12. The van der Waals surface area contributed by atoms with Gasteiger partial charge in [-0.05, 0) is 36.3 Å². The smallest absolute Gasteiger partial charge is 0.270 e. The summed E-state index contributed by atoms with van der Waals surface area (Å²) in [6.07, 6.45) is 2.22. The molecule has 0 aliphatic carbocycles. The second-order valence-electron chi connectivity index (χ2n) is 4.69. The van der Waals surface area contributed by atoms with E-state index >= 15 is 0 Å². The Morgan fingerprint density at radius 1 is 1.45 bits per heavy atom. The fourth-order valence-corrected chi connectivity index (χ4v) is 3.55. The van der Waals surface area contributed by atoms with Crippen LogP contribution in [0.4, 0.5) is 5.69 Å². The number of thioether (sulfide) groups is 1. The number of nitro benzene ring substituents is 1. The number of nitrogens with one attached hydrogen (secondary N) is 1. The standard InChI is InChI=1S/C13H15ClN2O3S/c14-12-7-10(16(18)19)1-2-11(12)13(17)15-8-9-3-5-20-6-4-9/h1-2,7,9H,3-6,8H2,(H,15,17). The first kappa shape index (κ1) is 15.1. The van der Waals surface area contributed by atoms with E-state index in [-0.39, 0.29) is 22.2 Å². The van der Waals surface area contributed by atoms with Crippen LogP contribution in [0.25, 0.3) is 0 Å². The maximum atomic E-state index is 12.0. The summed E-state index contributed by atoms with van der Waals surface area (Å²) in [4.78, 5) is 22.1. The van der Waals surface area contributed by atoms with Crippen molar-refractivity contribution in [1.29, 1.82) is 0 Å². The Morgan fingerprint density at radius 3 is 2.75 bits per heavy atom. The van der Waals surface area contributed by atoms with Crippen molar-refractivity contribution < 1.29 is 9.72 Å². The first-order chi connectivity index (χ1) is 9.58. The van der Waals surface area contributed by atoms with Crippen molar-refractivity contribution in [3.05, 3.63) is 38.9 Å². The molecule has 1 aliphatic rings. The van der Waals surface area contributed by atoms with Gasteiger partial charge in [0.2, 0.25) is 0 Å². The van der Waals surface area contributed by atoms with Crippen LogP contribution in [0.15, 0.2) is 18.2 Å². The zero-order valence-electron chi connectivity index (χ0n) is 10.8. The maximum Gasteiger partial charge on any atom is 0.270 e. The van der Waals surface area contributed by atoms with Gasteiger partial charge in [0.15, 0.2) is 0 Å². The van der Waals surface area contributed by atoms with Gasteiger partial charge in [0.05, 0.1) is 15.5 Å². The number of nitrogens with zero attached hydrogens (tertiary/aromatic N) is 1. The summed E-state index contributed by atoms with van der Waals surface area (Å²) < 4.78 is 0.